The molecule has 2 rings (SSSR count). The fourth-order valence-corrected chi connectivity index (χ4v) is 3.65. The van der Waals surface area contributed by atoms with Crippen molar-refractivity contribution in [3.63, 3.8) is 0 Å². The molecule has 6 nitrogen and oxygen atoms in total. The van der Waals surface area contributed by atoms with Crippen LogP contribution in [0.4, 0.5) is 5.82 Å². The van der Waals surface area contributed by atoms with E-state index in [9.17, 15) is 0 Å². The van der Waals surface area contributed by atoms with Crippen molar-refractivity contribution in [1.82, 2.24) is 15.6 Å². The van der Waals surface area contributed by atoms with Crippen LogP contribution in [0.3, 0.4) is 0 Å². The summed E-state index contributed by atoms with van der Waals surface area (Å²) < 4.78 is 5.62. The molecular formula is C21H38IN5O. The van der Waals surface area contributed by atoms with Gasteiger partial charge in [0.25, 0.3) is 0 Å². The van der Waals surface area contributed by atoms with Crippen LogP contribution in [0.1, 0.15) is 51.6 Å². The normalized spacial score (nSPS) is 15.8. The minimum absolute atomic E-state index is 0. The first kappa shape index (κ1) is 24.9. The zero-order chi connectivity index (χ0) is 19.5. The lowest BCUT2D eigenvalue weighted by molar-refractivity contribution is 0.105. The van der Waals surface area contributed by atoms with Crippen LogP contribution in [-0.4, -0.2) is 51.3 Å². The van der Waals surface area contributed by atoms with E-state index in [1.165, 1.54) is 25.7 Å². The Morgan fingerprint density at radius 1 is 1.21 bits per heavy atom. The van der Waals surface area contributed by atoms with Crippen LogP contribution in [0.15, 0.2) is 23.2 Å². The third-order valence-electron chi connectivity index (χ3n) is 5.27. The van der Waals surface area contributed by atoms with Gasteiger partial charge in [0.1, 0.15) is 5.82 Å². The van der Waals surface area contributed by atoms with Crippen molar-refractivity contribution in [3.05, 3.63) is 23.9 Å². The molecule has 0 radical (unpaired) electrons. The number of hydrogen-bond donors (Lipinski definition) is 2. The predicted molar refractivity (Wildman–Crippen MR) is 129 cm³/mol. The maximum absolute atomic E-state index is 5.62. The Balaban J connectivity index is 0.00000392. The molecule has 0 amide bonds. The highest BCUT2D eigenvalue weighted by atomic mass is 127. The fraction of sp³-hybridized carbons (Fsp3) is 0.714. The van der Waals surface area contributed by atoms with Crippen LogP contribution < -0.4 is 15.5 Å². The first-order chi connectivity index (χ1) is 13.1. The van der Waals surface area contributed by atoms with Gasteiger partial charge in [0.15, 0.2) is 5.96 Å². The van der Waals surface area contributed by atoms with Crippen molar-refractivity contribution in [2.24, 2.45) is 10.4 Å². The lowest BCUT2D eigenvalue weighted by Gasteiger charge is -2.30. The van der Waals surface area contributed by atoms with Crippen molar-refractivity contribution in [2.75, 3.05) is 45.3 Å². The summed E-state index contributed by atoms with van der Waals surface area (Å²) in [5.74, 6) is 1.83. The molecule has 0 unspecified atom stereocenters. The van der Waals surface area contributed by atoms with Gasteiger partial charge < -0.3 is 20.3 Å². The van der Waals surface area contributed by atoms with E-state index < -0.39 is 0 Å². The van der Waals surface area contributed by atoms with Gasteiger partial charge >= 0.3 is 0 Å². The maximum Gasteiger partial charge on any atom is 0.191 e. The fourth-order valence-electron chi connectivity index (χ4n) is 3.65. The number of nitrogens with zero attached hydrogens (tertiary/aromatic N) is 3. The second kappa shape index (κ2) is 13.2. The highest BCUT2D eigenvalue weighted by Gasteiger charge is 2.33. The summed E-state index contributed by atoms with van der Waals surface area (Å²) >= 11 is 0. The van der Waals surface area contributed by atoms with E-state index in [0.29, 0.717) is 12.0 Å². The summed E-state index contributed by atoms with van der Waals surface area (Å²) in [6, 6.07) is 6.08. The summed E-state index contributed by atoms with van der Waals surface area (Å²) in [5.41, 5.74) is 1.32. The van der Waals surface area contributed by atoms with Crippen LogP contribution in [-0.2, 0) is 11.3 Å². The van der Waals surface area contributed by atoms with E-state index in [0.717, 1.165) is 50.2 Å². The number of ether oxygens (including phenoxy) is 1. The summed E-state index contributed by atoms with van der Waals surface area (Å²) in [5, 5.41) is 6.95. The van der Waals surface area contributed by atoms with Crippen LogP contribution in [0.25, 0.3) is 0 Å². The van der Waals surface area contributed by atoms with E-state index in [2.05, 4.69) is 29.5 Å². The van der Waals surface area contributed by atoms with Crippen LogP contribution >= 0.6 is 24.0 Å². The molecule has 0 bridgehead atoms. The quantitative estimate of drug-likeness (QED) is 0.220. The molecule has 28 heavy (non-hydrogen) atoms. The van der Waals surface area contributed by atoms with Gasteiger partial charge in [0.05, 0.1) is 12.2 Å². The molecule has 1 aliphatic rings. The summed E-state index contributed by atoms with van der Waals surface area (Å²) in [6.45, 7) is 8.19. The van der Waals surface area contributed by atoms with E-state index in [1.807, 2.05) is 37.2 Å². The maximum atomic E-state index is 5.62. The summed E-state index contributed by atoms with van der Waals surface area (Å²) in [4.78, 5) is 11.4. The Kier molecular flexibility index (Phi) is 11.8. The molecule has 1 aromatic heterocycles. The molecular weight excluding hydrogens is 465 g/mol. The van der Waals surface area contributed by atoms with Gasteiger partial charge in [-0.1, -0.05) is 18.9 Å². The van der Waals surface area contributed by atoms with Crippen molar-refractivity contribution < 1.29 is 4.74 Å². The van der Waals surface area contributed by atoms with E-state index in [4.69, 9.17) is 9.73 Å². The van der Waals surface area contributed by atoms with Crippen molar-refractivity contribution >= 4 is 35.8 Å². The van der Waals surface area contributed by atoms with Crippen LogP contribution in [0.2, 0.25) is 0 Å². The van der Waals surface area contributed by atoms with Gasteiger partial charge in [0.2, 0.25) is 0 Å². The molecule has 1 aliphatic carbocycles. The van der Waals surface area contributed by atoms with Crippen molar-refractivity contribution in [2.45, 2.75) is 52.5 Å². The standard InChI is InChI=1S/C21H37N5O.HI/c1-5-22-20(23-16-18-10-9-11-19(25-18)26(3)4)24-17-21(12-7-8-13-21)14-15-27-6-2;/h9-11H,5-8,12-17H2,1-4H3,(H2,22,23,24);1H. The van der Waals surface area contributed by atoms with E-state index in [-0.39, 0.29) is 24.0 Å². The van der Waals surface area contributed by atoms with Gasteiger partial charge in [-0.15, -0.1) is 24.0 Å². The molecule has 0 saturated heterocycles. The number of guanidine groups is 1. The number of hydrogen-bond acceptors (Lipinski definition) is 4. The topological polar surface area (TPSA) is 61.8 Å². The number of aliphatic imine (C=N–C) groups is 1. The molecule has 0 atom stereocenters. The first-order valence-corrected chi connectivity index (χ1v) is 10.3. The highest BCUT2D eigenvalue weighted by Crippen LogP contribution is 2.40. The minimum Gasteiger partial charge on any atom is -0.382 e. The zero-order valence-corrected chi connectivity index (χ0v) is 20.3. The molecule has 1 saturated carbocycles. The monoisotopic (exact) mass is 503 g/mol. The molecule has 7 heteroatoms. The SMILES string of the molecule is CCNC(=NCc1cccc(N(C)C)n1)NCC1(CCOCC)CCCC1.I. The first-order valence-electron chi connectivity index (χ1n) is 10.3. The van der Waals surface area contributed by atoms with Crippen molar-refractivity contribution in [3.8, 4) is 0 Å². The molecule has 2 N–H and O–H groups in total. The summed E-state index contributed by atoms with van der Waals surface area (Å²) in [7, 11) is 4.01. The number of aromatic nitrogens is 1. The Bertz CT molecular complexity index is 588. The van der Waals surface area contributed by atoms with Crippen LogP contribution in [0, 0.1) is 5.41 Å². The average Bonchev–Trinajstić information content (AvgIpc) is 3.13. The number of anilines is 1. The minimum atomic E-state index is 0. The Hall–Kier alpha value is -1.09. The number of nitrogens with one attached hydrogen (secondary N) is 2. The van der Waals surface area contributed by atoms with Gasteiger partial charge in [-0.25, -0.2) is 9.98 Å². The van der Waals surface area contributed by atoms with Gasteiger partial charge in [0, 0.05) is 40.4 Å². The second-order valence-electron chi connectivity index (χ2n) is 7.58. The largest absolute Gasteiger partial charge is 0.382 e. The Morgan fingerprint density at radius 2 is 1.96 bits per heavy atom. The van der Waals surface area contributed by atoms with Gasteiger partial charge in [-0.3, -0.25) is 0 Å². The number of rotatable bonds is 10. The second-order valence-corrected chi connectivity index (χ2v) is 7.58. The molecule has 0 spiro atoms. The average molecular weight is 503 g/mol. The molecule has 1 fully saturated rings. The Morgan fingerprint density at radius 3 is 2.61 bits per heavy atom. The van der Waals surface area contributed by atoms with E-state index >= 15 is 0 Å². The molecule has 1 heterocycles. The third kappa shape index (κ3) is 8.11. The predicted octanol–water partition coefficient (Wildman–Crippen LogP) is 3.81. The lowest BCUT2D eigenvalue weighted by Crippen LogP contribution is -2.43. The Labute approximate surface area is 187 Å². The molecule has 0 aromatic carbocycles. The molecule has 1 aromatic rings. The van der Waals surface area contributed by atoms with Gasteiger partial charge in [-0.05, 0) is 50.7 Å². The molecule has 0 aliphatic heterocycles. The number of halogens is 1. The lowest BCUT2D eigenvalue weighted by atomic mass is 9.83. The zero-order valence-electron chi connectivity index (χ0n) is 18.0. The number of pyridine rings is 1. The van der Waals surface area contributed by atoms with Crippen molar-refractivity contribution in [1.29, 1.82) is 0 Å². The molecule has 160 valence electrons. The van der Waals surface area contributed by atoms with E-state index in [1.54, 1.807) is 0 Å². The van der Waals surface area contributed by atoms with Gasteiger partial charge in [-0.2, -0.15) is 0 Å². The highest BCUT2D eigenvalue weighted by molar-refractivity contribution is 14.0. The van der Waals surface area contributed by atoms with Crippen LogP contribution in [0.5, 0.6) is 0 Å². The smallest absolute Gasteiger partial charge is 0.191 e. The summed E-state index contributed by atoms with van der Waals surface area (Å²) in [6.07, 6.45) is 6.32. The third-order valence-corrected chi connectivity index (χ3v) is 5.27.